The van der Waals surface area contributed by atoms with Gasteiger partial charge in [-0.15, -0.1) is 0 Å². The van der Waals surface area contributed by atoms with Crippen molar-refractivity contribution in [2.45, 2.75) is 32.1 Å². The summed E-state index contributed by atoms with van der Waals surface area (Å²) in [5, 5.41) is 10.1. The number of piperidine rings is 1. The molecular formula is C25H31N5. The first-order chi connectivity index (χ1) is 14.6. The number of nitrogens with zero attached hydrogens (tertiary/aromatic N) is 4. The van der Waals surface area contributed by atoms with Gasteiger partial charge >= 0.3 is 0 Å². The fourth-order valence-corrected chi connectivity index (χ4v) is 4.73. The lowest BCUT2D eigenvalue weighted by molar-refractivity contribution is 0.140. The zero-order valence-corrected chi connectivity index (χ0v) is 17.8. The van der Waals surface area contributed by atoms with Crippen LogP contribution in [0.3, 0.4) is 0 Å². The van der Waals surface area contributed by atoms with Crippen LogP contribution in [0.15, 0.2) is 55.1 Å². The highest BCUT2D eigenvalue weighted by Gasteiger charge is 2.25. The normalized spacial score (nSPS) is 18.4. The molecular weight excluding hydrogens is 370 g/mol. The van der Waals surface area contributed by atoms with Crippen LogP contribution in [0, 0.1) is 11.8 Å². The average molecular weight is 402 g/mol. The number of aryl methyl sites for hydroxylation is 1. The van der Waals surface area contributed by atoms with Crippen LogP contribution in [0.5, 0.6) is 0 Å². The minimum atomic E-state index is 0.530. The summed E-state index contributed by atoms with van der Waals surface area (Å²) in [6.45, 7) is 8.05. The monoisotopic (exact) mass is 401 g/mol. The Bertz CT molecular complexity index is 1040. The second kappa shape index (κ2) is 8.23. The highest BCUT2D eigenvalue weighted by molar-refractivity contribution is 5.88. The summed E-state index contributed by atoms with van der Waals surface area (Å²) in [6.07, 6.45) is 12.6. The number of pyridine rings is 1. The largest absolute Gasteiger partial charge is 0.344 e. The summed E-state index contributed by atoms with van der Waals surface area (Å²) in [7, 11) is 1.94. The van der Waals surface area contributed by atoms with Gasteiger partial charge in [-0.2, -0.15) is 5.10 Å². The molecule has 1 saturated carbocycles. The Labute approximate surface area is 178 Å². The first-order valence-electron chi connectivity index (χ1n) is 11.2. The van der Waals surface area contributed by atoms with Gasteiger partial charge in [0.2, 0.25) is 0 Å². The van der Waals surface area contributed by atoms with Crippen molar-refractivity contribution in [2.24, 2.45) is 18.9 Å². The molecule has 1 aliphatic heterocycles. The lowest BCUT2D eigenvalue weighted by Gasteiger charge is -2.37. The van der Waals surface area contributed by atoms with Crippen LogP contribution >= 0.6 is 0 Å². The molecule has 1 N–H and O–H groups in total. The Morgan fingerprint density at radius 2 is 1.90 bits per heavy atom. The zero-order valence-electron chi connectivity index (χ0n) is 17.8. The maximum atomic E-state index is 4.62. The van der Waals surface area contributed by atoms with E-state index in [4.69, 9.17) is 0 Å². The Balaban J connectivity index is 1.24. The van der Waals surface area contributed by atoms with Gasteiger partial charge in [0, 0.05) is 48.6 Å². The molecule has 1 aromatic carbocycles. The number of fused-ring (bicyclic) bond motifs is 1. The number of hydrogen-bond acceptors (Lipinski definition) is 4. The van der Waals surface area contributed by atoms with Gasteiger partial charge in [0.1, 0.15) is 5.82 Å². The first-order valence-corrected chi connectivity index (χ1v) is 11.2. The predicted octanol–water partition coefficient (Wildman–Crippen LogP) is 5.07. The van der Waals surface area contributed by atoms with Crippen molar-refractivity contribution in [3.05, 3.63) is 55.1 Å². The van der Waals surface area contributed by atoms with Crippen molar-refractivity contribution in [2.75, 3.05) is 25.0 Å². The third kappa shape index (κ3) is 4.12. The number of likely N-dealkylation sites (tertiary alicyclic amines) is 1. The molecule has 0 spiro atoms. The van der Waals surface area contributed by atoms with E-state index in [0.29, 0.717) is 5.92 Å². The van der Waals surface area contributed by atoms with Crippen LogP contribution in [0.4, 0.5) is 5.82 Å². The van der Waals surface area contributed by atoms with Crippen molar-refractivity contribution in [1.82, 2.24) is 19.7 Å². The Kier molecular flexibility index (Phi) is 5.30. The summed E-state index contributed by atoms with van der Waals surface area (Å²) >= 11 is 0. The molecule has 5 nitrogen and oxygen atoms in total. The molecule has 5 rings (SSSR count). The molecule has 5 heteroatoms. The van der Waals surface area contributed by atoms with E-state index in [1.807, 2.05) is 30.3 Å². The summed E-state index contributed by atoms with van der Waals surface area (Å²) < 4.78 is 1.83. The lowest BCUT2D eigenvalue weighted by Crippen LogP contribution is -2.39. The minimum Gasteiger partial charge on any atom is -0.344 e. The maximum Gasteiger partial charge on any atom is 0.130 e. The van der Waals surface area contributed by atoms with E-state index in [-0.39, 0.29) is 0 Å². The molecule has 0 atom stereocenters. The van der Waals surface area contributed by atoms with E-state index in [9.17, 15) is 0 Å². The zero-order chi connectivity index (χ0) is 20.5. The lowest BCUT2D eigenvalue weighted by atomic mass is 9.84. The summed E-state index contributed by atoms with van der Waals surface area (Å²) in [5.41, 5.74) is 3.41. The molecule has 0 unspecified atom stereocenters. The SMILES string of the molecule is C=C(Nc1cc2cc(-c3cnn(C)c3)ccc2cn1)C1CCN(CC2CCC2)CC1. The summed E-state index contributed by atoms with van der Waals surface area (Å²) in [4.78, 5) is 7.28. The number of rotatable bonds is 6. The van der Waals surface area contributed by atoms with E-state index >= 15 is 0 Å². The molecule has 3 heterocycles. The van der Waals surface area contributed by atoms with Crippen LogP contribution < -0.4 is 5.32 Å². The molecule has 3 aromatic rings. The molecule has 0 bridgehead atoms. The number of anilines is 1. The van der Waals surface area contributed by atoms with Gasteiger partial charge in [0.05, 0.1) is 6.20 Å². The number of nitrogens with one attached hydrogen (secondary N) is 1. The van der Waals surface area contributed by atoms with Crippen LogP contribution in [-0.4, -0.2) is 39.3 Å². The highest BCUT2D eigenvalue weighted by atomic mass is 15.2. The van der Waals surface area contributed by atoms with Gasteiger partial charge in [-0.1, -0.05) is 25.1 Å². The van der Waals surface area contributed by atoms with Crippen molar-refractivity contribution in [3.8, 4) is 11.1 Å². The third-order valence-electron chi connectivity index (χ3n) is 6.87. The van der Waals surface area contributed by atoms with E-state index in [0.717, 1.165) is 28.4 Å². The molecule has 1 saturated heterocycles. The van der Waals surface area contributed by atoms with Crippen LogP contribution in [0.25, 0.3) is 21.9 Å². The fraction of sp³-hybridized carbons (Fsp3) is 0.440. The van der Waals surface area contributed by atoms with E-state index < -0.39 is 0 Å². The van der Waals surface area contributed by atoms with Gasteiger partial charge in [0.15, 0.2) is 0 Å². The van der Waals surface area contributed by atoms with Crippen LogP contribution in [0.1, 0.15) is 32.1 Å². The molecule has 0 amide bonds. The van der Waals surface area contributed by atoms with Gasteiger partial charge in [-0.3, -0.25) is 4.68 Å². The number of aromatic nitrogens is 3. The van der Waals surface area contributed by atoms with Gasteiger partial charge < -0.3 is 10.2 Å². The second-order valence-electron chi connectivity index (χ2n) is 9.06. The van der Waals surface area contributed by atoms with Gasteiger partial charge in [-0.25, -0.2) is 4.98 Å². The molecule has 30 heavy (non-hydrogen) atoms. The number of hydrogen-bond donors (Lipinski definition) is 1. The summed E-state index contributed by atoms with van der Waals surface area (Å²) in [5.74, 6) is 2.37. The van der Waals surface area contributed by atoms with Crippen molar-refractivity contribution >= 4 is 16.6 Å². The van der Waals surface area contributed by atoms with Gasteiger partial charge in [-0.05, 0) is 67.8 Å². The fourth-order valence-electron chi connectivity index (χ4n) is 4.73. The first kappa shape index (κ1) is 19.3. The van der Waals surface area contributed by atoms with E-state index in [1.54, 1.807) is 0 Å². The Hall–Kier alpha value is -2.66. The van der Waals surface area contributed by atoms with Gasteiger partial charge in [0.25, 0.3) is 0 Å². The predicted molar refractivity (Wildman–Crippen MR) is 123 cm³/mol. The van der Waals surface area contributed by atoms with Crippen molar-refractivity contribution < 1.29 is 0 Å². The smallest absolute Gasteiger partial charge is 0.130 e. The molecule has 2 aromatic heterocycles. The number of allylic oxidation sites excluding steroid dienone is 1. The van der Waals surface area contributed by atoms with Crippen molar-refractivity contribution in [1.29, 1.82) is 0 Å². The molecule has 0 radical (unpaired) electrons. The third-order valence-corrected chi connectivity index (χ3v) is 6.87. The average Bonchev–Trinajstić information content (AvgIpc) is 3.17. The van der Waals surface area contributed by atoms with Crippen molar-refractivity contribution in [3.63, 3.8) is 0 Å². The van der Waals surface area contributed by atoms with Crippen LogP contribution in [0.2, 0.25) is 0 Å². The maximum absolute atomic E-state index is 4.62. The van der Waals surface area contributed by atoms with Crippen LogP contribution in [-0.2, 0) is 7.05 Å². The minimum absolute atomic E-state index is 0.530. The standard InChI is InChI=1S/C25H31N5/c1-18(20-8-10-30(11-9-20)16-19-4-3-5-19)28-25-13-23-12-21(6-7-22(23)14-26-25)24-15-27-29(2)17-24/h6-7,12-15,17,19-20H,1,3-5,8-11,16H2,2H3,(H,26,28). The highest BCUT2D eigenvalue weighted by Crippen LogP contribution is 2.31. The van der Waals surface area contributed by atoms with E-state index in [2.05, 4.69) is 51.1 Å². The summed E-state index contributed by atoms with van der Waals surface area (Å²) in [6, 6.07) is 8.60. The quantitative estimate of drug-likeness (QED) is 0.626. The van der Waals surface area contributed by atoms with E-state index in [1.165, 1.54) is 62.7 Å². The molecule has 156 valence electrons. The molecule has 1 aliphatic carbocycles. The Morgan fingerprint density at radius 3 is 2.60 bits per heavy atom. The molecule has 2 fully saturated rings. The topological polar surface area (TPSA) is 46.0 Å². The Morgan fingerprint density at radius 1 is 1.07 bits per heavy atom. The molecule has 2 aliphatic rings. The second-order valence-corrected chi connectivity index (χ2v) is 9.06. The number of benzene rings is 1.